The Morgan fingerprint density at radius 3 is 2.62 bits per heavy atom. The summed E-state index contributed by atoms with van der Waals surface area (Å²) in [6.45, 7) is 1.50. The Hall–Kier alpha value is -4.03. The molecule has 2 rings (SSSR count). The molecule has 0 spiro atoms. The van der Waals surface area contributed by atoms with Gasteiger partial charge in [0.25, 0.3) is 5.91 Å². The third kappa shape index (κ3) is 6.48. The van der Waals surface area contributed by atoms with Gasteiger partial charge >= 0.3 is 11.9 Å². The summed E-state index contributed by atoms with van der Waals surface area (Å²) in [7, 11) is 1.36. The number of benzene rings is 2. The van der Waals surface area contributed by atoms with Crippen LogP contribution in [0.3, 0.4) is 0 Å². The van der Waals surface area contributed by atoms with E-state index in [4.69, 9.17) is 30.9 Å². The Bertz CT molecular complexity index is 1110. The van der Waals surface area contributed by atoms with Crippen LogP contribution < -0.4 is 14.8 Å². The van der Waals surface area contributed by atoms with Crippen molar-refractivity contribution in [3.05, 3.63) is 58.1 Å². The topological polar surface area (TPSA) is 135 Å². The molecule has 0 aliphatic rings. The summed E-state index contributed by atoms with van der Waals surface area (Å²) >= 11 is 6.23. The molecule has 9 nitrogen and oxygen atoms in total. The highest BCUT2D eigenvalue weighted by molar-refractivity contribution is 6.32. The quantitative estimate of drug-likeness (QED) is 0.331. The van der Waals surface area contributed by atoms with Gasteiger partial charge in [0.2, 0.25) is 0 Å². The zero-order valence-electron chi connectivity index (χ0n) is 17.2. The number of hydrogen-bond donors (Lipinski definition) is 2. The number of methoxy groups -OCH3 is 1. The Balaban J connectivity index is 2.26. The molecule has 0 fully saturated rings. The summed E-state index contributed by atoms with van der Waals surface area (Å²) in [5.74, 6) is -2.19. The number of amides is 1. The van der Waals surface area contributed by atoms with E-state index in [0.29, 0.717) is 5.56 Å². The molecular formula is C22H19ClN2O7. The number of carboxylic acids is 1. The Morgan fingerprint density at radius 1 is 1.25 bits per heavy atom. The normalized spacial score (nSPS) is 10.6. The fraction of sp³-hybridized carbons (Fsp3) is 0.182. The van der Waals surface area contributed by atoms with Gasteiger partial charge in [-0.1, -0.05) is 17.7 Å². The van der Waals surface area contributed by atoms with Gasteiger partial charge in [-0.15, -0.1) is 0 Å². The number of halogens is 1. The van der Waals surface area contributed by atoms with Gasteiger partial charge in [0, 0.05) is 5.69 Å². The molecule has 0 heterocycles. The predicted octanol–water partition coefficient (Wildman–Crippen LogP) is 3.53. The second-order valence-corrected chi connectivity index (χ2v) is 6.54. The molecule has 0 aliphatic heterocycles. The molecule has 2 aromatic rings. The van der Waals surface area contributed by atoms with Crippen molar-refractivity contribution in [3.63, 3.8) is 0 Å². The number of hydrogen-bond acceptors (Lipinski definition) is 7. The van der Waals surface area contributed by atoms with Gasteiger partial charge in [0.1, 0.15) is 11.6 Å². The number of esters is 1. The fourth-order valence-corrected chi connectivity index (χ4v) is 2.81. The van der Waals surface area contributed by atoms with E-state index >= 15 is 0 Å². The van der Waals surface area contributed by atoms with Crippen molar-refractivity contribution in [2.24, 2.45) is 0 Å². The number of rotatable bonds is 9. The molecule has 0 aromatic heterocycles. The zero-order chi connectivity index (χ0) is 23.7. The molecule has 0 saturated heterocycles. The molecule has 0 saturated carbocycles. The smallest absolute Gasteiger partial charge is 0.344 e. The number of carbonyl (C=O) groups excluding carboxylic acids is 2. The van der Waals surface area contributed by atoms with Crippen molar-refractivity contribution in [1.29, 1.82) is 5.26 Å². The van der Waals surface area contributed by atoms with E-state index in [9.17, 15) is 19.6 Å². The van der Waals surface area contributed by atoms with Crippen molar-refractivity contribution in [1.82, 2.24) is 0 Å². The molecule has 32 heavy (non-hydrogen) atoms. The van der Waals surface area contributed by atoms with Crippen LogP contribution in [-0.2, 0) is 14.3 Å². The van der Waals surface area contributed by atoms with Gasteiger partial charge < -0.3 is 24.6 Å². The van der Waals surface area contributed by atoms with Crippen LogP contribution in [0.4, 0.5) is 5.69 Å². The highest BCUT2D eigenvalue weighted by Crippen LogP contribution is 2.37. The van der Waals surface area contributed by atoms with Crippen LogP contribution in [0.2, 0.25) is 5.02 Å². The first-order chi connectivity index (χ1) is 15.3. The van der Waals surface area contributed by atoms with Crippen molar-refractivity contribution in [2.45, 2.75) is 6.92 Å². The Labute approximate surface area is 188 Å². The number of nitrogens with zero attached hydrogens (tertiary/aromatic N) is 1. The average molecular weight is 459 g/mol. The first-order valence-corrected chi connectivity index (χ1v) is 9.59. The van der Waals surface area contributed by atoms with E-state index < -0.39 is 17.8 Å². The number of aromatic carboxylic acids is 1. The number of nitrogens with one attached hydrogen (secondary N) is 1. The maximum atomic E-state index is 12.5. The number of nitriles is 1. The van der Waals surface area contributed by atoms with Crippen LogP contribution in [0.1, 0.15) is 22.8 Å². The molecule has 0 aliphatic carbocycles. The van der Waals surface area contributed by atoms with E-state index in [1.807, 2.05) is 0 Å². The first-order valence-electron chi connectivity index (χ1n) is 9.21. The first kappa shape index (κ1) is 24.2. The molecule has 0 atom stereocenters. The minimum Gasteiger partial charge on any atom is -0.493 e. The van der Waals surface area contributed by atoms with E-state index in [1.165, 1.54) is 49.6 Å². The fourth-order valence-electron chi connectivity index (χ4n) is 2.54. The highest BCUT2D eigenvalue weighted by atomic mass is 35.5. The summed E-state index contributed by atoms with van der Waals surface area (Å²) in [5.41, 5.74) is 0.306. The zero-order valence-corrected chi connectivity index (χ0v) is 17.9. The maximum absolute atomic E-state index is 12.5. The van der Waals surface area contributed by atoms with Crippen molar-refractivity contribution in [2.75, 3.05) is 25.6 Å². The second-order valence-electron chi connectivity index (χ2n) is 6.14. The number of ether oxygens (including phenoxy) is 3. The molecule has 1 amide bonds. The number of anilines is 1. The third-order valence-electron chi connectivity index (χ3n) is 3.93. The number of carbonyl (C=O) groups is 3. The molecule has 0 radical (unpaired) electrons. The average Bonchev–Trinajstić information content (AvgIpc) is 2.76. The highest BCUT2D eigenvalue weighted by Gasteiger charge is 2.16. The van der Waals surface area contributed by atoms with Crippen LogP contribution in [0.25, 0.3) is 6.08 Å². The van der Waals surface area contributed by atoms with Gasteiger partial charge in [-0.3, -0.25) is 4.79 Å². The lowest BCUT2D eigenvalue weighted by molar-refractivity contribution is -0.145. The largest absolute Gasteiger partial charge is 0.493 e. The van der Waals surface area contributed by atoms with Crippen LogP contribution in [0.15, 0.2) is 42.0 Å². The molecule has 2 N–H and O–H groups in total. The number of carboxylic acid groups (broad SMARTS) is 1. The lowest BCUT2D eigenvalue weighted by Crippen LogP contribution is -2.15. The lowest BCUT2D eigenvalue weighted by Gasteiger charge is -2.13. The molecule has 166 valence electrons. The summed E-state index contributed by atoms with van der Waals surface area (Å²) in [4.78, 5) is 35.1. The van der Waals surface area contributed by atoms with Gasteiger partial charge in [-0.25, -0.2) is 9.59 Å². The molecule has 2 aromatic carbocycles. The van der Waals surface area contributed by atoms with E-state index in [2.05, 4.69) is 5.32 Å². The van der Waals surface area contributed by atoms with Gasteiger partial charge in [-0.2, -0.15) is 5.26 Å². The summed E-state index contributed by atoms with van der Waals surface area (Å²) < 4.78 is 15.4. The minimum absolute atomic E-state index is 0.0137. The van der Waals surface area contributed by atoms with E-state index in [1.54, 1.807) is 13.0 Å². The SMILES string of the molecule is CCOC(=O)COc1c(Cl)cc(/C=C(/C#N)C(=O)Nc2cccc(C(=O)O)c2)cc1OC. The predicted molar refractivity (Wildman–Crippen MR) is 116 cm³/mol. The molecular weight excluding hydrogens is 440 g/mol. The Morgan fingerprint density at radius 2 is 2.00 bits per heavy atom. The van der Waals surface area contributed by atoms with E-state index in [-0.39, 0.29) is 46.6 Å². The molecule has 0 unspecified atom stereocenters. The van der Waals surface area contributed by atoms with Crippen LogP contribution in [0, 0.1) is 11.3 Å². The molecule has 0 bridgehead atoms. The standard InChI is InChI=1S/C22H19ClN2O7/c1-3-31-19(26)12-32-20-17(23)8-13(9-18(20)30-2)7-15(11-24)21(27)25-16-6-4-5-14(10-16)22(28)29/h4-10H,3,12H2,1-2H3,(H,25,27)(H,28,29)/b15-7-. The summed E-state index contributed by atoms with van der Waals surface area (Å²) in [5, 5.41) is 21.0. The third-order valence-corrected chi connectivity index (χ3v) is 4.22. The maximum Gasteiger partial charge on any atom is 0.344 e. The van der Waals surface area contributed by atoms with Gasteiger partial charge in [0.05, 0.1) is 24.3 Å². The van der Waals surface area contributed by atoms with Crippen molar-refractivity contribution < 1.29 is 33.7 Å². The summed E-state index contributed by atoms with van der Waals surface area (Å²) in [6, 6.07) is 10.3. The van der Waals surface area contributed by atoms with Gasteiger partial charge in [-0.05, 0) is 48.9 Å². The van der Waals surface area contributed by atoms with Crippen molar-refractivity contribution >= 4 is 41.2 Å². The summed E-state index contributed by atoms with van der Waals surface area (Å²) in [6.07, 6.45) is 1.28. The van der Waals surface area contributed by atoms with Crippen LogP contribution >= 0.6 is 11.6 Å². The van der Waals surface area contributed by atoms with Gasteiger partial charge in [0.15, 0.2) is 18.1 Å². The monoisotopic (exact) mass is 458 g/mol. The molecule has 10 heteroatoms. The van der Waals surface area contributed by atoms with Crippen LogP contribution in [-0.4, -0.2) is 43.3 Å². The van der Waals surface area contributed by atoms with Crippen LogP contribution in [0.5, 0.6) is 11.5 Å². The van der Waals surface area contributed by atoms with E-state index in [0.717, 1.165) is 0 Å². The van der Waals surface area contributed by atoms with Crippen molar-refractivity contribution in [3.8, 4) is 17.6 Å². The lowest BCUT2D eigenvalue weighted by atomic mass is 10.1. The second kappa shape index (κ2) is 11.4. The minimum atomic E-state index is -1.15. The Kier molecular flexibility index (Phi) is 8.63.